The van der Waals surface area contributed by atoms with Crippen LogP contribution in [0.1, 0.15) is 51.3 Å². The molecule has 2 aromatic carbocycles. The van der Waals surface area contributed by atoms with E-state index >= 15 is 0 Å². The van der Waals surface area contributed by atoms with Gasteiger partial charge in [-0.2, -0.15) is 0 Å². The van der Waals surface area contributed by atoms with Gasteiger partial charge in [-0.25, -0.2) is 4.79 Å². The van der Waals surface area contributed by atoms with Gasteiger partial charge in [-0.3, -0.25) is 19.3 Å². The molecule has 6 nitrogen and oxygen atoms in total. The lowest BCUT2D eigenvalue weighted by molar-refractivity contribution is -0.147. The molecule has 0 fully saturated rings. The number of benzene rings is 2. The van der Waals surface area contributed by atoms with Crippen LogP contribution in [0.4, 0.5) is 0 Å². The number of hydrogen-bond acceptors (Lipinski definition) is 5. The Bertz CT molecular complexity index is 932. The van der Waals surface area contributed by atoms with E-state index in [2.05, 4.69) is 15.9 Å². The van der Waals surface area contributed by atoms with Gasteiger partial charge in [-0.05, 0) is 36.6 Å². The first-order chi connectivity index (χ1) is 13.8. The van der Waals surface area contributed by atoms with Crippen LogP contribution >= 0.6 is 15.9 Å². The molecule has 2 aromatic rings. The summed E-state index contributed by atoms with van der Waals surface area (Å²) in [5, 5.41) is 0. The van der Waals surface area contributed by atoms with Gasteiger partial charge in [0, 0.05) is 10.0 Å². The van der Waals surface area contributed by atoms with Crippen LogP contribution in [0.5, 0.6) is 0 Å². The maximum atomic E-state index is 12.8. The first kappa shape index (κ1) is 20.9. The highest BCUT2D eigenvalue weighted by atomic mass is 79.9. The Hall–Kier alpha value is -2.80. The molecule has 0 aliphatic carbocycles. The topological polar surface area (TPSA) is 80.8 Å². The number of amides is 2. The third-order valence-corrected chi connectivity index (χ3v) is 5.14. The van der Waals surface area contributed by atoms with Crippen LogP contribution in [0.15, 0.2) is 53.0 Å². The van der Waals surface area contributed by atoms with E-state index in [1.165, 1.54) is 0 Å². The average molecular weight is 458 g/mol. The highest BCUT2D eigenvalue weighted by Crippen LogP contribution is 2.27. The van der Waals surface area contributed by atoms with Gasteiger partial charge in [0.25, 0.3) is 11.8 Å². The number of esters is 1. The molecule has 1 aliphatic rings. The molecule has 0 spiro atoms. The normalized spacial score (nSPS) is 14.1. The summed E-state index contributed by atoms with van der Waals surface area (Å²) in [7, 11) is 0. The lowest BCUT2D eigenvalue weighted by Gasteiger charge is -2.25. The van der Waals surface area contributed by atoms with E-state index in [-0.39, 0.29) is 29.2 Å². The molecule has 29 heavy (non-hydrogen) atoms. The molecular formula is C22H20BrNO5. The Kier molecular flexibility index (Phi) is 6.27. The number of ketones is 1. The van der Waals surface area contributed by atoms with E-state index in [1.54, 1.807) is 48.5 Å². The molecule has 0 saturated carbocycles. The molecule has 0 radical (unpaired) electrons. The van der Waals surface area contributed by atoms with Crippen molar-refractivity contribution in [2.24, 2.45) is 5.92 Å². The predicted molar refractivity (Wildman–Crippen MR) is 110 cm³/mol. The quantitative estimate of drug-likeness (QED) is 0.357. The zero-order valence-corrected chi connectivity index (χ0v) is 17.6. The van der Waals surface area contributed by atoms with Crippen LogP contribution in [0, 0.1) is 5.92 Å². The van der Waals surface area contributed by atoms with Crippen LogP contribution < -0.4 is 0 Å². The Morgan fingerprint density at radius 2 is 1.52 bits per heavy atom. The number of hydrogen-bond donors (Lipinski definition) is 0. The van der Waals surface area contributed by atoms with Crippen LogP contribution in [-0.4, -0.2) is 41.1 Å². The van der Waals surface area contributed by atoms with Gasteiger partial charge in [0.15, 0.2) is 12.4 Å². The number of carbonyl (C=O) groups excluding carboxylic acids is 4. The van der Waals surface area contributed by atoms with Gasteiger partial charge in [0.05, 0.1) is 11.1 Å². The molecule has 0 aromatic heterocycles. The molecule has 0 unspecified atom stereocenters. The number of fused-ring (bicyclic) bond motifs is 1. The Morgan fingerprint density at radius 1 is 0.966 bits per heavy atom. The molecular weight excluding hydrogens is 438 g/mol. The summed E-state index contributed by atoms with van der Waals surface area (Å²) < 4.78 is 6.04. The van der Waals surface area contributed by atoms with Crippen LogP contribution in [0.25, 0.3) is 0 Å². The minimum absolute atomic E-state index is 0.0269. The number of imide groups is 1. The standard InChI is InChI=1S/C22H20BrNO5/c1-13(2)11-18(24-20(26)16-5-3-4-6-17(16)21(24)27)22(28)29-12-19(25)14-7-9-15(23)10-8-14/h3-10,13,18H,11-12H2,1-2H3/t18-/m1/s1. The molecule has 3 rings (SSSR count). The second kappa shape index (κ2) is 8.69. The number of ether oxygens (including phenoxy) is 1. The molecule has 1 atom stereocenters. The highest BCUT2D eigenvalue weighted by molar-refractivity contribution is 9.10. The summed E-state index contributed by atoms with van der Waals surface area (Å²) in [4.78, 5) is 51.5. The zero-order chi connectivity index (χ0) is 21.1. The summed E-state index contributed by atoms with van der Waals surface area (Å²) in [6, 6.07) is 12.0. The van der Waals surface area contributed by atoms with Crippen molar-refractivity contribution in [3.05, 3.63) is 69.7 Å². The van der Waals surface area contributed by atoms with Gasteiger partial charge in [0.1, 0.15) is 6.04 Å². The second-order valence-electron chi connectivity index (χ2n) is 7.21. The minimum Gasteiger partial charge on any atom is -0.456 e. The van der Waals surface area contributed by atoms with Crippen molar-refractivity contribution >= 4 is 39.5 Å². The number of halogens is 1. The van der Waals surface area contributed by atoms with E-state index in [9.17, 15) is 19.2 Å². The van der Waals surface area contributed by atoms with Crippen molar-refractivity contribution in [1.82, 2.24) is 4.90 Å². The van der Waals surface area contributed by atoms with Gasteiger partial charge >= 0.3 is 5.97 Å². The molecule has 150 valence electrons. The average Bonchev–Trinajstić information content (AvgIpc) is 2.95. The van der Waals surface area contributed by atoms with Crippen molar-refractivity contribution in [3.8, 4) is 0 Å². The zero-order valence-electron chi connectivity index (χ0n) is 16.1. The fourth-order valence-corrected chi connectivity index (χ4v) is 3.46. The van der Waals surface area contributed by atoms with E-state index in [1.807, 2.05) is 13.8 Å². The van der Waals surface area contributed by atoms with Crippen LogP contribution in [-0.2, 0) is 9.53 Å². The fraction of sp³-hybridized carbons (Fsp3) is 0.273. The lowest BCUT2D eigenvalue weighted by Crippen LogP contribution is -2.46. The molecule has 1 heterocycles. The first-order valence-electron chi connectivity index (χ1n) is 9.22. The summed E-state index contributed by atoms with van der Waals surface area (Å²) in [6.45, 7) is 3.30. The number of nitrogens with zero attached hydrogens (tertiary/aromatic N) is 1. The smallest absolute Gasteiger partial charge is 0.329 e. The van der Waals surface area contributed by atoms with E-state index in [0.29, 0.717) is 5.56 Å². The predicted octanol–water partition coefficient (Wildman–Crippen LogP) is 3.89. The molecule has 0 saturated heterocycles. The molecule has 2 amide bonds. The van der Waals surface area contributed by atoms with Gasteiger partial charge < -0.3 is 4.74 Å². The SMILES string of the molecule is CC(C)C[C@H](C(=O)OCC(=O)c1ccc(Br)cc1)N1C(=O)c2ccccc2C1=O. The third kappa shape index (κ3) is 4.45. The number of carbonyl (C=O) groups is 4. The van der Waals surface area contributed by atoms with Crippen molar-refractivity contribution in [2.75, 3.05) is 6.61 Å². The minimum atomic E-state index is -1.08. The monoisotopic (exact) mass is 457 g/mol. The molecule has 0 bridgehead atoms. The van der Waals surface area contributed by atoms with E-state index in [4.69, 9.17) is 4.74 Å². The van der Waals surface area contributed by atoms with Crippen LogP contribution in [0.3, 0.4) is 0 Å². The van der Waals surface area contributed by atoms with Gasteiger partial charge in [-0.15, -0.1) is 0 Å². The summed E-state index contributed by atoms with van der Waals surface area (Å²) in [5.41, 5.74) is 0.942. The van der Waals surface area contributed by atoms with Crippen molar-refractivity contribution in [2.45, 2.75) is 26.3 Å². The van der Waals surface area contributed by atoms with Crippen molar-refractivity contribution in [3.63, 3.8) is 0 Å². The van der Waals surface area contributed by atoms with E-state index in [0.717, 1.165) is 9.37 Å². The molecule has 0 N–H and O–H groups in total. The summed E-state index contributed by atoms with van der Waals surface area (Å²) in [6.07, 6.45) is 0.247. The first-order valence-corrected chi connectivity index (χ1v) is 10.0. The fourth-order valence-electron chi connectivity index (χ4n) is 3.20. The molecule has 1 aliphatic heterocycles. The lowest BCUT2D eigenvalue weighted by atomic mass is 10.0. The Morgan fingerprint density at radius 3 is 2.03 bits per heavy atom. The number of Topliss-reactive ketones (excluding diaryl/α,β-unsaturated/α-hetero) is 1. The Balaban J connectivity index is 1.76. The van der Waals surface area contributed by atoms with Crippen molar-refractivity contribution < 1.29 is 23.9 Å². The van der Waals surface area contributed by atoms with Gasteiger partial charge in [-0.1, -0.05) is 54.0 Å². The largest absolute Gasteiger partial charge is 0.456 e. The van der Waals surface area contributed by atoms with Crippen molar-refractivity contribution in [1.29, 1.82) is 0 Å². The summed E-state index contributed by atoms with van der Waals surface area (Å²) >= 11 is 3.29. The van der Waals surface area contributed by atoms with E-state index < -0.39 is 30.4 Å². The maximum absolute atomic E-state index is 12.8. The highest BCUT2D eigenvalue weighted by Gasteiger charge is 2.43. The number of rotatable bonds is 7. The Labute approximate surface area is 177 Å². The molecule has 7 heteroatoms. The second-order valence-corrected chi connectivity index (χ2v) is 8.12. The maximum Gasteiger partial charge on any atom is 0.329 e. The summed E-state index contributed by atoms with van der Waals surface area (Å²) in [5.74, 6) is -2.14. The van der Waals surface area contributed by atoms with Gasteiger partial charge in [0.2, 0.25) is 0 Å². The van der Waals surface area contributed by atoms with Crippen LogP contribution in [0.2, 0.25) is 0 Å². The third-order valence-electron chi connectivity index (χ3n) is 4.62.